The van der Waals surface area contributed by atoms with Gasteiger partial charge in [-0.2, -0.15) is 0 Å². The summed E-state index contributed by atoms with van der Waals surface area (Å²) in [6.45, 7) is 0. The van der Waals surface area contributed by atoms with E-state index in [9.17, 15) is 18.0 Å². The van der Waals surface area contributed by atoms with Crippen LogP contribution in [0.15, 0.2) is 41.8 Å². The minimum atomic E-state index is -3.82. The zero-order valence-corrected chi connectivity index (χ0v) is 19.7. The Morgan fingerprint density at radius 1 is 0.971 bits per heavy atom. The van der Waals surface area contributed by atoms with Crippen LogP contribution in [0.2, 0.25) is 0 Å². The van der Waals surface area contributed by atoms with Crippen molar-refractivity contribution in [3.63, 3.8) is 0 Å². The summed E-state index contributed by atoms with van der Waals surface area (Å²) in [4.78, 5) is 26.6. The molecule has 2 rings (SSSR count). The van der Waals surface area contributed by atoms with Crippen LogP contribution >= 0.6 is 0 Å². The fourth-order valence-corrected chi connectivity index (χ4v) is 3.76. The molecule has 34 heavy (non-hydrogen) atoms. The lowest BCUT2D eigenvalue weighted by Gasteiger charge is -2.12. The molecule has 0 aliphatic carbocycles. The predicted octanol–water partition coefficient (Wildman–Crippen LogP) is 2.28. The van der Waals surface area contributed by atoms with Crippen LogP contribution in [0.4, 0.5) is 5.82 Å². The Balaban J connectivity index is 2.31. The van der Waals surface area contributed by atoms with E-state index in [1.807, 2.05) is 0 Å². The Labute approximate surface area is 196 Å². The first-order valence-corrected chi connectivity index (χ1v) is 11.3. The van der Waals surface area contributed by atoms with Gasteiger partial charge >= 0.3 is 5.97 Å². The highest BCUT2D eigenvalue weighted by Gasteiger charge is 2.16. The second-order valence-electron chi connectivity index (χ2n) is 6.57. The number of methoxy groups -OCH3 is 4. The summed E-state index contributed by atoms with van der Waals surface area (Å²) in [5.74, 6) is -1.27. The third-order valence-electron chi connectivity index (χ3n) is 4.30. The Bertz CT molecular complexity index is 1200. The van der Waals surface area contributed by atoms with Crippen molar-refractivity contribution in [3.05, 3.63) is 53.1 Å². The third kappa shape index (κ3) is 7.24. The molecule has 0 fully saturated rings. The van der Waals surface area contributed by atoms with Gasteiger partial charge in [-0.15, -0.1) is 0 Å². The largest absolute Gasteiger partial charge is 0.496 e. The minimum Gasteiger partial charge on any atom is -0.496 e. The first-order chi connectivity index (χ1) is 16.1. The van der Waals surface area contributed by atoms with Crippen molar-refractivity contribution >= 4 is 33.6 Å². The summed E-state index contributed by atoms with van der Waals surface area (Å²) in [7, 11) is 1.87. The molecular weight excluding hydrogens is 468 g/mol. The van der Waals surface area contributed by atoms with Gasteiger partial charge in [0.25, 0.3) is 0 Å². The Morgan fingerprint density at radius 2 is 1.59 bits per heavy atom. The number of pyridine rings is 1. The molecule has 1 aromatic heterocycles. The van der Waals surface area contributed by atoms with Gasteiger partial charge in [-0.3, -0.25) is 4.79 Å². The van der Waals surface area contributed by atoms with Crippen LogP contribution in [0.5, 0.6) is 23.0 Å². The van der Waals surface area contributed by atoms with Gasteiger partial charge in [0.2, 0.25) is 5.91 Å². The molecule has 2 N–H and O–H groups in total. The number of amides is 1. The smallest absolute Gasteiger partial charge is 0.328 e. The van der Waals surface area contributed by atoms with Gasteiger partial charge in [0.15, 0.2) is 21.4 Å². The molecule has 2 aromatic rings. The molecule has 12 heteroatoms. The average Bonchev–Trinajstić information content (AvgIpc) is 2.80. The van der Waals surface area contributed by atoms with Gasteiger partial charge in [-0.05, 0) is 18.2 Å². The van der Waals surface area contributed by atoms with Gasteiger partial charge < -0.3 is 29.4 Å². The van der Waals surface area contributed by atoms with E-state index in [0.29, 0.717) is 28.9 Å². The van der Waals surface area contributed by atoms with Crippen LogP contribution in [-0.2, 0) is 25.2 Å². The number of sulfone groups is 1. The van der Waals surface area contributed by atoms with Crippen LogP contribution in [0, 0.1) is 0 Å². The monoisotopic (exact) mass is 492 g/mol. The number of rotatable bonds is 11. The van der Waals surface area contributed by atoms with Gasteiger partial charge in [0.05, 0.1) is 45.4 Å². The lowest BCUT2D eigenvalue weighted by Crippen LogP contribution is -2.13. The van der Waals surface area contributed by atoms with Crippen molar-refractivity contribution in [2.45, 2.75) is 5.75 Å². The van der Waals surface area contributed by atoms with E-state index in [1.54, 1.807) is 12.1 Å². The molecule has 1 heterocycles. The molecule has 0 radical (unpaired) electrons. The Kier molecular flexibility index (Phi) is 9.01. The van der Waals surface area contributed by atoms with Crippen molar-refractivity contribution in [2.75, 3.05) is 33.8 Å². The van der Waals surface area contributed by atoms with Crippen LogP contribution in [-0.4, -0.2) is 58.8 Å². The highest BCUT2D eigenvalue weighted by Crippen LogP contribution is 2.35. The summed E-state index contributed by atoms with van der Waals surface area (Å²) in [5.41, 5.74) is 0.520. The van der Waals surface area contributed by atoms with E-state index in [2.05, 4.69) is 10.3 Å². The Morgan fingerprint density at radius 3 is 2.12 bits per heavy atom. The number of aliphatic carboxylic acids is 1. The second-order valence-corrected chi connectivity index (χ2v) is 8.46. The second kappa shape index (κ2) is 11.7. The topological polar surface area (TPSA) is 150 Å². The van der Waals surface area contributed by atoms with Crippen LogP contribution in [0.1, 0.15) is 11.3 Å². The van der Waals surface area contributed by atoms with E-state index >= 15 is 0 Å². The number of carbonyl (C=O) groups is 2. The number of nitrogens with one attached hydrogen (secondary N) is 1. The molecule has 0 spiro atoms. The van der Waals surface area contributed by atoms with Gasteiger partial charge in [-0.25, -0.2) is 18.2 Å². The molecule has 1 aromatic carbocycles. The van der Waals surface area contributed by atoms with Gasteiger partial charge in [0, 0.05) is 29.7 Å². The number of carbonyl (C=O) groups excluding carboxylic acids is 1. The molecule has 0 unspecified atom stereocenters. The lowest BCUT2D eigenvalue weighted by molar-refractivity contribution is -0.131. The number of anilines is 1. The molecule has 1 amide bonds. The summed E-state index contributed by atoms with van der Waals surface area (Å²) >= 11 is 0. The van der Waals surface area contributed by atoms with Crippen molar-refractivity contribution in [2.24, 2.45) is 0 Å². The van der Waals surface area contributed by atoms with Gasteiger partial charge in [0.1, 0.15) is 17.2 Å². The van der Waals surface area contributed by atoms with E-state index in [-0.39, 0.29) is 17.3 Å². The highest BCUT2D eigenvalue weighted by molar-refractivity contribution is 7.93. The summed E-state index contributed by atoms with van der Waals surface area (Å²) in [6.07, 6.45) is 2.79. The van der Waals surface area contributed by atoms with E-state index in [4.69, 9.17) is 24.1 Å². The maximum absolute atomic E-state index is 12.7. The van der Waals surface area contributed by atoms with Crippen molar-refractivity contribution in [1.29, 1.82) is 0 Å². The first-order valence-electron chi connectivity index (χ1n) is 9.59. The number of ether oxygens (including phenoxy) is 4. The number of hydrogen-bond donors (Lipinski definition) is 2. The number of carboxylic acids is 1. The van der Waals surface area contributed by atoms with E-state index in [0.717, 1.165) is 11.5 Å². The number of aromatic nitrogens is 1. The zero-order valence-electron chi connectivity index (χ0n) is 18.9. The fourth-order valence-electron chi connectivity index (χ4n) is 2.75. The molecule has 0 saturated carbocycles. The summed E-state index contributed by atoms with van der Waals surface area (Å²) in [5, 5.41) is 12.0. The summed E-state index contributed by atoms with van der Waals surface area (Å²) < 4.78 is 46.4. The number of hydrogen-bond acceptors (Lipinski definition) is 9. The molecule has 11 nitrogen and oxygen atoms in total. The predicted molar refractivity (Wildman–Crippen MR) is 124 cm³/mol. The number of nitrogens with zero attached hydrogens (tertiary/aromatic N) is 1. The molecule has 0 saturated heterocycles. The normalized spacial score (nSPS) is 11.4. The fraction of sp³-hybridized carbons (Fsp3) is 0.227. The Hall–Kier alpha value is -4.06. The van der Waals surface area contributed by atoms with Gasteiger partial charge in [-0.1, -0.05) is 0 Å². The molecule has 0 aliphatic rings. The number of benzene rings is 1. The first kappa shape index (κ1) is 26.2. The molecule has 0 bridgehead atoms. The molecule has 0 aliphatic heterocycles. The van der Waals surface area contributed by atoms with Crippen LogP contribution in [0.25, 0.3) is 6.08 Å². The van der Waals surface area contributed by atoms with Crippen LogP contribution in [0.3, 0.4) is 0 Å². The van der Waals surface area contributed by atoms with Crippen molar-refractivity contribution in [1.82, 2.24) is 4.98 Å². The quantitative estimate of drug-likeness (QED) is 0.447. The standard InChI is InChI=1S/C22H24N2O9S/c1-30-15-11-18(32-3)16(19(12-15)33-4)9-10-34(28,29)13-14-5-6-17(31-2)22(23-14)24-20(25)7-8-21(26)27/h5-12H,13H2,1-4H3,(H,26,27)(H,23,24,25). The third-order valence-corrected chi connectivity index (χ3v) is 5.55. The highest BCUT2D eigenvalue weighted by atomic mass is 32.2. The van der Waals surface area contributed by atoms with E-state index < -0.39 is 27.5 Å². The molecule has 182 valence electrons. The maximum Gasteiger partial charge on any atom is 0.328 e. The van der Waals surface area contributed by atoms with Crippen molar-refractivity contribution in [3.8, 4) is 23.0 Å². The van der Waals surface area contributed by atoms with Crippen LogP contribution < -0.4 is 24.3 Å². The van der Waals surface area contributed by atoms with Crippen molar-refractivity contribution < 1.29 is 42.1 Å². The summed E-state index contributed by atoms with van der Waals surface area (Å²) in [6, 6.07) is 6.05. The lowest BCUT2D eigenvalue weighted by atomic mass is 10.1. The maximum atomic E-state index is 12.7. The molecular formula is C22H24N2O9S. The molecule has 0 atom stereocenters. The average molecular weight is 493 g/mol. The SMILES string of the molecule is COc1cc(OC)c(C=CS(=O)(=O)Cc2ccc(OC)c(NC(=O)C=CC(=O)O)n2)c(OC)c1. The van der Waals surface area contributed by atoms with E-state index in [1.165, 1.54) is 46.6 Å². The zero-order chi connectivity index (χ0) is 25.3. The number of carboxylic acid groups (broad SMARTS) is 1. The minimum absolute atomic E-state index is 0.0577.